The summed E-state index contributed by atoms with van der Waals surface area (Å²) < 4.78 is 0. The predicted molar refractivity (Wildman–Crippen MR) is 141 cm³/mol. The third-order valence-electron chi connectivity index (χ3n) is 5.90. The number of amides is 6. The van der Waals surface area contributed by atoms with Crippen LogP contribution in [0.5, 0.6) is 0 Å². The molecule has 0 unspecified atom stereocenters. The first-order valence-corrected chi connectivity index (χ1v) is 13.1. The van der Waals surface area contributed by atoms with E-state index in [1.165, 1.54) is 0 Å². The van der Waals surface area contributed by atoms with Gasteiger partial charge in [0.1, 0.15) is 18.1 Å². The Morgan fingerprint density at radius 1 is 0.854 bits per heavy atom. The summed E-state index contributed by atoms with van der Waals surface area (Å²) in [5.41, 5.74) is 5.20. The highest BCUT2D eigenvalue weighted by Crippen LogP contribution is 2.07. The van der Waals surface area contributed by atoms with Crippen LogP contribution in [0.4, 0.5) is 0 Å². The highest BCUT2D eigenvalue weighted by Gasteiger charge is 2.30. The first kappa shape index (κ1) is 34.7. The van der Waals surface area contributed by atoms with Crippen molar-refractivity contribution in [3.05, 3.63) is 0 Å². The molecule has 1 aliphatic heterocycles. The van der Waals surface area contributed by atoms with Crippen LogP contribution in [0.15, 0.2) is 0 Å². The zero-order chi connectivity index (χ0) is 31.1. The predicted octanol–water partition coefficient (Wildman–Crippen LogP) is -3.70. The molecule has 17 heteroatoms. The second-order valence-corrected chi connectivity index (χ2v) is 9.96. The molecular weight excluding hydrogens is 546 g/mol. The van der Waals surface area contributed by atoms with Gasteiger partial charge in [0.2, 0.25) is 35.4 Å². The van der Waals surface area contributed by atoms with E-state index in [-0.39, 0.29) is 24.8 Å². The second kappa shape index (κ2) is 17.4. The van der Waals surface area contributed by atoms with Crippen molar-refractivity contribution >= 4 is 47.4 Å². The van der Waals surface area contributed by atoms with Crippen LogP contribution in [0.25, 0.3) is 0 Å². The Kier molecular flexibility index (Phi) is 14.8. The number of carboxylic acid groups (broad SMARTS) is 2. The van der Waals surface area contributed by atoms with E-state index in [0.717, 1.165) is 6.42 Å². The lowest BCUT2D eigenvalue weighted by Crippen LogP contribution is -2.56. The molecule has 41 heavy (non-hydrogen) atoms. The Morgan fingerprint density at radius 2 is 1.46 bits per heavy atom. The fourth-order valence-corrected chi connectivity index (χ4v) is 3.89. The third-order valence-corrected chi connectivity index (χ3v) is 5.90. The molecule has 0 aliphatic carbocycles. The van der Waals surface area contributed by atoms with Crippen LogP contribution in [0.3, 0.4) is 0 Å². The van der Waals surface area contributed by atoms with Gasteiger partial charge in [-0.3, -0.25) is 33.6 Å². The fourth-order valence-electron chi connectivity index (χ4n) is 3.89. The Morgan fingerprint density at radius 3 is 1.98 bits per heavy atom. The number of nitrogens with one attached hydrogen (secondary N) is 6. The van der Waals surface area contributed by atoms with Crippen LogP contribution in [0.1, 0.15) is 52.4 Å². The summed E-state index contributed by atoms with van der Waals surface area (Å²) in [6, 6.07) is -4.58. The molecule has 0 aromatic carbocycles. The molecule has 1 saturated heterocycles. The highest BCUT2D eigenvalue weighted by atomic mass is 16.4. The maximum absolute atomic E-state index is 13.0. The van der Waals surface area contributed by atoms with Gasteiger partial charge in [0.05, 0.1) is 25.6 Å². The van der Waals surface area contributed by atoms with E-state index in [4.69, 9.17) is 15.9 Å². The van der Waals surface area contributed by atoms with Crippen LogP contribution >= 0.6 is 0 Å². The molecule has 1 aliphatic rings. The summed E-state index contributed by atoms with van der Waals surface area (Å²) in [6.07, 6.45) is 0.0601. The van der Waals surface area contributed by atoms with Crippen molar-refractivity contribution in [3.63, 3.8) is 0 Å². The van der Waals surface area contributed by atoms with Crippen molar-refractivity contribution < 1.29 is 48.6 Å². The standard InChI is InChI=1S/C24H39N7O10/c1-12(2)8-15(30-19(34)11-27-21(37)13-4-3-7-26-13)23(39)31-16(9-17(25)32)22(38)28-10-18(33)29-14(24(40)41)5-6-20(35)36/h12-16,26H,3-11H2,1-2H3,(H2,25,32)(H,27,37)(H,28,38)(H,29,33)(H,30,34)(H,31,39)(H,35,36)(H,40,41)/t13-,14-,15-,16-/m0/s1. The lowest BCUT2D eigenvalue weighted by atomic mass is 10.0. The Bertz CT molecular complexity index is 997. The molecule has 0 bridgehead atoms. The topological polar surface area (TPSA) is 275 Å². The molecule has 4 atom stereocenters. The number of carbonyl (C=O) groups is 8. The molecule has 0 radical (unpaired) electrons. The van der Waals surface area contributed by atoms with Gasteiger partial charge in [-0.05, 0) is 38.1 Å². The van der Waals surface area contributed by atoms with Gasteiger partial charge in [0.25, 0.3) is 0 Å². The zero-order valence-corrected chi connectivity index (χ0v) is 23.0. The van der Waals surface area contributed by atoms with Crippen LogP contribution in [0, 0.1) is 5.92 Å². The summed E-state index contributed by atoms with van der Waals surface area (Å²) >= 11 is 0. The summed E-state index contributed by atoms with van der Waals surface area (Å²) in [7, 11) is 0. The number of carbonyl (C=O) groups excluding carboxylic acids is 6. The normalized spacial score (nSPS) is 16.5. The van der Waals surface area contributed by atoms with E-state index in [9.17, 15) is 38.4 Å². The Balaban J connectivity index is 2.77. The summed E-state index contributed by atoms with van der Waals surface area (Å²) in [5, 5.41) is 32.4. The summed E-state index contributed by atoms with van der Waals surface area (Å²) in [6.45, 7) is 3.13. The number of hydrogen-bond acceptors (Lipinski definition) is 9. The number of hydrogen-bond donors (Lipinski definition) is 9. The fraction of sp³-hybridized carbons (Fsp3) is 0.667. The molecule has 17 nitrogen and oxygen atoms in total. The average molecular weight is 586 g/mol. The molecule has 0 aromatic heterocycles. The smallest absolute Gasteiger partial charge is 0.326 e. The van der Waals surface area contributed by atoms with Crippen molar-refractivity contribution in [2.24, 2.45) is 11.7 Å². The van der Waals surface area contributed by atoms with Crippen molar-refractivity contribution in [2.75, 3.05) is 19.6 Å². The number of nitrogens with two attached hydrogens (primary N) is 1. The van der Waals surface area contributed by atoms with Gasteiger partial charge in [-0.2, -0.15) is 0 Å². The van der Waals surface area contributed by atoms with Crippen molar-refractivity contribution in [1.82, 2.24) is 31.9 Å². The first-order chi connectivity index (χ1) is 19.2. The molecule has 6 amide bonds. The minimum absolute atomic E-state index is 0.0845. The van der Waals surface area contributed by atoms with Crippen LogP contribution in [-0.2, 0) is 38.4 Å². The number of carboxylic acids is 2. The molecule has 1 heterocycles. The van der Waals surface area contributed by atoms with Crippen LogP contribution < -0.4 is 37.6 Å². The van der Waals surface area contributed by atoms with Gasteiger partial charge < -0.3 is 47.8 Å². The highest BCUT2D eigenvalue weighted by molar-refractivity contribution is 5.96. The van der Waals surface area contributed by atoms with Gasteiger partial charge >= 0.3 is 11.9 Å². The van der Waals surface area contributed by atoms with Crippen LogP contribution in [0.2, 0.25) is 0 Å². The Hall–Kier alpha value is -4.28. The lowest BCUT2D eigenvalue weighted by molar-refractivity contribution is -0.143. The SMILES string of the molecule is CC(C)C[C@H](NC(=O)CNC(=O)[C@@H]1CCCN1)C(=O)N[C@@H](CC(N)=O)C(=O)NCC(=O)N[C@@H](CCC(=O)O)C(=O)O. The van der Waals surface area contributed by atoms with Gasteiger partial charge in [0.15, 0.2) is 0 Å². The van der Waals surface area contributed by atoms with E-state index >= 15 is 0 Å². The maximum Gasteiger partial charge on any atom is 0.326 e. The first-order valence-electron chi connectivity index (χ1n) is 13.1. The number of rotatable bonds is 18. The minimum atomic E-state index is -1.53. The largest absolute Gasteiger partial charge is 0.481 e. The minimum Gasteiger partial charge on any atom is -0.481 e. The van der Waals surface area contributed by atoms with Crippen LogP contribution in [-0.4, -0.2) is 101 Å². The van der Waals surface area contributed by atoms with Gasteiger partial charge in [-0.15, -0.1) is 0 Å². The van der Waals surface area contributed by atoms with Gasteiger partial charge in [0, 0.05) is 6.42 Å². The molecule has 1 rings (SSSR count). The molecule has 0 spiro atoms. The quantitative estimate of drug-likeness (QED) is 0.0754. The van der Waals surface area contributed by atoms with E-state index < -0.39 is 91.4 Å². The van der Waals surface area contributed by atoms with Crippen molar-refractivity contribution in [3.8, 4) is 0 Å². The van der Waals surface area contributed by atoms with Gasteiger partial charge in [-0.25, -0.2) is 4.79 Å². The molecule has 10 N–H and O–H groups in total. The average Bonchev–Trinajstić information content (AvgIpc) is 3.41. The third kappa shape index (κ3) is 14.1. The van der Waals surface area contributed by atoms with E-state index in [0.29, 0.717) is 13.0 Å². The maximum atomic E-state index is 13.0. The molecule has 0 aromatic rings. The molecular formula is C24H39N7O10. The lowest BCUT2D eigenvalue weighted by Gasteiger charge is -2.24. The number of aliphatic carboxylic acids is 2. The van der Waals surface area contributed by atoms with Gasteiger partial charge in [-0.1, -0.05) is 13.8 Å². The Labute approximate surface area is 236 Å². The monoisotopic (exact) mass is 585 g/mol. The van der Waals surface area contributed by atoms with Crippen molar-refractivity contribution in [1.29, 1.82) is 0 Å². The van der Waals surface area contributed by atoms with E-state index in [1.807, 2.05) is 0 Å². The molecule has 1 fully saturated rings. The molecule has 0 saturated carbocycles. The summed E-state index contributed by atoms with van der Waals surface area (Å²) in [4.78, 5) is 95.8. The van der Waals surface area contributed by atoms with Crippen molar-refractivity contribution in [2.45, 2.75) is 76.5 Å². The van der Waals surface area contributed by atoms with E-state index in [1.54, 1.807) is 13.8 Å². The summed E-state index contributed by atoms with van der Waals surface area (Å²) in [5.74, 6) is -7.54. The number of primary amides is 1. The second-order valence-electron chi connectivity index (χ2n) is 9.96. The van der Waals surface area contributed by atoms with E-state index in [2.05, 4.69) is 31.9 Å². The molecule has 230 valence electrons. The zero-order valence-electron chi connectivity index (χ0n) is 23.0.